The van der Waals surface area contributed by atoms with Crippen molar-refractivity contribution in [3.05, 3.63) is 60.9 Å². The van der Waals surface area contributed by atoms with E-state index in [-0.39, 0.29) is 5.78 Å². The zero-order valence-electron chi connectivity index (χ0n) is 19.1. The second-order valence-electron chi connectivity index (χ2n) is 8.20. The van der Waals surface area contributed by atoms with Crippen LogP contribution in [0.3, 0.4) is 0 Å². The molecule has 2 aromatic carbocycles. The first-order chi connectivity index (χ1) is 15.4. The van der Waals surface area contributed by atoms with E-state index in [1.54, 1.807) is 27.3 Å². The summed E-state index contributed by atoms with van der Waals surface area (Å²) in [5.74, 6) is 2.00. The van der Waals surface area contributed by atoms with Crippen molar-refractivity contribution in [3.63, 3.8) is 0 Å². The molecule has 0 N–H and O–H groups in total. The highest BCUT2D eigenvalue weighted by molar-refractivity contribution is 6.26. The standard InChI is InChI=1S/C25H28N4O3/c1-7-12-28-20-11-9-8-10-19(20)27-24(28)21-22(30)25(2,3)29(23(21)26-4)16-13-17(31-5)15-18(14-16)32-6/h7-11,13-15,21H,1,12H2,2-6H3. The Bertz CT molecular complexity index is 1200. The smallest absolute Gasteiger partial charge is 0.176 e. The first-order valence-corrected chi connectivity index (χ1v) is 10.5. The van der Waals surface area contributed by atoms with Crippen molar-refractivity contribution in [1.82, 2.24) is 9.55 Å². The molecule has 4 rings (SSSR count). The Labute approximate surface area is 188 Å². The van der Waals surface area contributed by atoms with Gasteiger partial charge in [0.15, 0.2) is 5.78 Å². The lowest BCUT2D eigenvalue weighted by molar-refractivity contribution is -0.121. The number of para-hydroxylation sites is 2. The second-order valence-corrected chi connectivity index (χ2v) is 8.20. The summed E-state index contributed by atoms with van der Waals surface area (Å²) < 4.78 is 13.0. The number of ketones is 1. The van der Waals surface area contributed by atoms with Gasteiger partial charge < -0.3 is 18.9 Å². The van der Waals surface area contributed by atoms with Crippen molar-refractivity contribution in [2.45, 2.75) is 31.8 Å². The third kappa shape index (κ3) is 3.25. The van der Waals surface area contributed by atoms with Crippen LogP contribution in [0.15, 0.2) is 60.1 Å². The Balaban J connectivity index is 1.92. The lowest BCUT2D eigenvalue weighted by atomic mass is 9.93. The number of anilines is 1. The molecule has 32 heavy (non-hydrogen) atoms. The van der Waals surface area contributed by atoms with Crippen LogP contribution in [0.25, 0.3) is 11.0 Å². The van der Waals surface area contributed by atoms with Crippen LogP contribution in [0.2, 0.25) is 0 Å². The highest BCUT2D eigenvalue weighted by Crippen LogP contribution is 2.43. The minimum Gasteiger partial charge on any atom is -0.497 e. The lowest BCUT2D eigenvalue weighted by Crippen LogP contribution is -2.44. The maximum Gasteiger partial charge on any atom is 0.176 e. The number of aliphatic imine (C=N–C) groups is 1. The summed E-state index contributed by atoms with van der Waals surface area (Å²) in [5.41, 5.74) is 1.72. The van der Waals surface area contributed by atoms with E-state index >= 15 is 0 Å². The number of rotatable bonds is 6. The van der Waals surface area contributed by atoms with Crippen LogP contribution in [-0.2, 0) is 11.3 Å². The fourth-order valence-corrected chi connectivity index (χ4v) is 4.47. The highest BCUT2D eigenvalue weighted by atomic mass is 16.5. The average Bonchev–Trinajstić information content (AvgIpc) is 3.25. The summed E-state index contributed by atoms with van der Waals surface area (Å²) in [6.45, 7) is 8.26. The van der Waals surface area contributed by atoms with E-state index in [4.69, 9.17) is 14.5 Å². The van der Waals surface area contributed by atoms with Crippen LogP contribution in [-0.4, -0.2) is 48.0 Å². The van der Waals surface area contributed by atoms with Crippen molar-refractivity contribution >= 4 is 28.3 Å². The Kier molecular flexibility index (Phi) is 5.50. The quantitative estimate of drug-likeness (QED) is 0.546. The number of carbonyl (C=O) groups excluding carboxylic acids is 1. The molecule has 1 atom stereocenters. The summed E-state index contributed by atoms with van der Waals surface area (Å²) in [4.78, 5) is 25.3. The average molecular weight is 433 g/mol. The second kappa shape index (κ2) is 8.15. The molecule has 1 saturated heterocycles. The Morgan fingerprint density at radius 2 is 1.81 bits per heavy atom. The van der Waals surface area contributed by atoms with Gasteiger partial charge in [-0.1, -0.05) is 18.2 Å². The molecule has 1 aliphatic heterocycles. The van der Waals surface area contributed by atoms with E-state index in [1.807, 2.05) is 65.8 Å². The van der Waals surface area contributed by atoms with E-state index in [9.17, 15) is 4.79 Å². The van der Waals surface area contributed by atoms with Gasteiger partial charge in [-0.15, -0.1) is 6.58 Å². The van der Waals surface area contributed by atoms with Gasteiger partial charge in [0.1, 0.15) is 34.6 Å². The summed E-state index contributed by atoms with van der Waals surface area (Å²) in [6, 6.07) is 13.5. The monoisotopic (exact) mass is 432 g/mol. The first-order valence-electron chi connectivity index (χ1n) is 10.5. The van der Waals surface area contributed by atoms with Gasteiger partial charge in [-0.2, -0.15) is 0 Å². The number of allylic oxidation sites excluding steroid dienone is 1. The maximum atomic E-state index is 13.9. The molecule has 166 valence electrons. The van der Waals surface area contributed by atoms with Gasteiger partial charge in [-0.05, 0) is 26.0 Å². The molecule has 1 aromatic heterocycles. The van der Waals surface area contributed by atoms with Crippen LogP contribution in [0.5, 0.6) is 11.5 Å². The first kappa shape index (κ1) is 21.6. The Morgan fingerprint density at radius 1 is 1.16 bits per heavy atom. The van der Waals surface area contributed by atoms with Crippen molar-refractivity contribution < 1.29 is 14.3 Å². The van der Waals surface area contributed by atoms with Crippen molar-refractivity contribution in [1.29, 1.82) is 0 Å². The van der Waals surface area contributed by atoms with Crippen LogP contribution >= 0.6 is 0 Å². The number of carbonyl (C=O) groups is 1. The summed E-state index contributed by atoms with van der Waals surface area (Å²) in [7, 11) is 4.92. The molecule has 1 fully saturated rings. The van der Waals surface area contributed by atoms with Gasteiger partial charge in [0.2, 0.25) is 0 Å². The molecule has 2 heterocycles. The molecule has 1 unspecified atom stereocenters. The van der Waals surface area contributed by atoms with Crippen molar-refractivity contribution in [3.8, 4) is 11.5 Å². The van der Waals surface area contributed by atoms with E-state index in [0.29, 0.717) is 29.7 Å². The topological polar surface area (TPSA) is 69.0 Å². The van der Waals surface area contributed by atoms with Crippen LogP contribution in [0, 0.1) is 0 Å². The van der Waals surface area contributed by atoms with Gasteiger partial charge in [0.05, 0.1) is 30.9 Å². The van der Waals surface area contributed by atoms with Gasteiger partial charge in [0, 0.05) is 31.8 Å². The molecule has 0 radical (unpaired) electrons. The fraction of sp³-hybridized carbons (Fsp3) is 0.320. The zero-order chi connectivity index (χ0) is 23.0. The molecular formula is C25H28N4O3. The number of Topliss-reactive ketones (excluding diaryl/α,β-unsaturated/α-hetero) is 1. The normalized spacial score (nSPS) is 19.0. The van der Waals surface area contributed by atoms with Gasteiger partial charge in [0.25, 0.3) is 0 Å². The number of amidine groups is 1. The largest absolute Gasteiger partial charge is 0.497 e. The summed E-state index contributed by atoms with van der Waals surface area (Å²) >= 11 is 0. The van der Waals surface area contributed by atoms with Crippen LogP contribution in [0.4, 0.5) is 5.69 Å². The number of aromatic nitrogens is 2. The highest BCUT2D eigenvalue weighted by Gasteiger charge is 2.54. The maximum absolute atomic E-state index is 13.9. The number of imidazole rings is 1. The molecule has 1 aliphatic rings. The van der Waals surface area contributed by atoms with Gasteiger partial charge in [-0.3, -0.25) is 9.79 Å². The lowest BCUT2D eigenvalue weighted by Gasteiger charge is -2.32. The van der Waals surface area contributed by atoms with Gasteiger partial charge >= 0.3 is 0 Å². The zero-order valence-corrected chi connectivity index (χ0v) is 19.1. The molecule has 0 aliphatic carbocycles. The molecule has 3 aromatic rings. The summed E-state index contributed by atoms with van der Waals surface area (Å²) in [6.07, 6.45) is 1.82. The number of hydrogen-bond donors (Lipinski definition) is 0. The number of ether oxygens (including phenoxy) is 2. The minimum atomic E-state index is -0.853. The molecule has 0 bridgehead atoms. The Hall–Kier alpha value is -3.61. The number of fused-ring (bicyclic) bond motifs is 1. The number of nitrogens with zero attached hydrogens (tertiary/aromatic N) is 4. The molecular weight excluding hydrogens is 404 g/mol. The number of methoxy groups -OCH3 is 2. The van der Waals surface area contributed by atoms with Crippen molar-refractivity contribution in [2.75, 3.05) is 26.2 Å². The van der Waals surface area contributed by atoms with Gasteiger partial charge in [-0.25, -0.2) is 4.98 Å². The fourth-order valence-electron chi connectivity index (χ4n) is 4.47. The summed E-state index contributed by atoms with van der Waals surface area (Å²) in [5, 5.41) is 0. The van der Waals surface area contributed by atoms with E-state index in [2.05, 4.69) is 11.6 Å². The predicted molar refractivity (Wildman–Crippen MR) is 127 cm³/mol. The third-order valence-corrected chi connectivity index (χ3v) is 5.99. The molecule has 0 spiro atoms. The van der Waals surface area contributed by atoms with Crippen LogP contribution in [0.1, 0.15) is 25.6 Å². The number of hydrogen-bond acceptors (Lipinski definition) is 5. The minimum absolute atomic E-state index is 0.0282. The molecule has 7 nitrogen and oxygen atoms in total. The predicted octanol–water partition coefficient (Wildman–Crippen LogP) is 4.22. The van der Waals surface area contributed by atoms with E-state index < -0.39 is 11.5 Å². The van der Waals surface area contributed by atoms with Crippen molar-refractivity contribution in [2.24, 2.45) is 4.99 Å². The van der Waals surface area contributed by atoms with E-state index in [1.165, 1.54) is 0 Å². The SMILES string of the molecule is C=CCn1c(C2C(=O)C(C)(C)N(c3cc(OC)cc(OC)c3)C2=NC)nc2ccccc21. The third-order valence-electron chi connectivity index (χ3n) is 5.99. The van der Waals surface area contributed by atoms with Crippen LogP contribution < -0.4 is 14.4 Å². The molecule has 0 saturated carbocycles. The molecule has 0 amide bonds. The Morgan fingerprint density at radius 3 is 2.41 bits per heavy atom. The molecule has 7 heteroatoms. The number of benzene rings is 2. The van der Waals surface area contributed by atoms with E-state index in [0.717, 1.165) is 16.7 Å².